The summed E-state index contributed by atoms with van der Waals surface area (Å²) in [6.07, 6.45) is 7.54. The lowest BCUT2D eigenvalue weighted by molar-refractivity contribution is -0.116. The maximum absolute atomic E-state index is 5.92. The van der Waals surface area contributed by atoms with Crippen LogP contribution in [0.5, 0.6) is 0 Å². The average Bonchev–Trinajstić information content (AvgIpc) is 2.20. The molecule has 0 aromatic carbocycles. The Kier molecular flexibility index (Phi) is 3.91. The van der Waals surface area contributed by atoms with Crippen LogP contribution in [0.1, 0.15) is 52.9 Å². The van der Waals surface area contributed by atoms with Crippen molar-refractivity contribution in [3.8, 4) is 0 Å². The molecule has 0 bridgehead atoms. The smallest absolute Gasteiger partial charge is 0.0556 e. The second-order valence-corrected chi connectivity index (χ2v) is 5.97. The third-order valence-electron chi connectivity index (χ3n) is 4.55. The molecule has 2 saturated heterocycles. The van der Waals surface area contributed by atoms with Crippen LogP contribution in [0.25, 0.3) is 0 Å². The predicted molar refractivity (Wildman–Crippen MR) is 67.6 cm³/mol. The van der Waals surface area contributed by atoms with Crippen LogP contribution in [-0.4, -0.2) is 25.3 Å². The first-order valence-corrected chi connectivity index (χ1v) is 7.02. The molecule has 2 heterocycles. The first kappa shape index (κ1) is 12.4. The van der Waals surface area contributed by atoms with Crippen molar-refractivity contribution in [3.63, 3.8) is 0 Å². The number of rotatable bonds is 2. The molecule has 0 amide bonds. The lowest BCUT2D eigenvalue weighted by Crippen LogP contribution is -2.51. The summed E-state index contributed by atoms with van der Waals surface area (Å²) >= 11 is 0. The minimum absolute atomic E-state index is 0.459. The lowest BCUT2D eigenvalue weighted by Gasteiger charge is -2.50. The Bertz CT molecular complexity index is 217. The number of hydrogen-bond acceptors (Lipinski definition) is 2. The zero-order chi connectivity index (χ0) is 11.6. The van der Waals surface area contributed by atoms with Crippen molar-refractivity contribution >= 4 is 0 Å². The highest BCUT2D eigenvalue weighted by atomic mass is 16.5. The van der Waals surface area contributed by atoms with Crippen molar-refractivity contribution in [2.45, 2.75) is 65.1 Å². The van der Waals surface area contributed by atoms with Crippen LogP contribution < -0.4 is 5.32 Å². The Morgan fingerprint density at radius 1 is 1.25 bits per heavy atom. The van der Waals surface area contributed by atoms with Crippen LogP contribution in [-0.2, 0) is 4.74 Å². The fourth-order valence-corrected chi connectivity index (χ4v) is 4.05. The first-order valence-electron chi connectivity index (χ1n) is 7.02. The fraction of sp³-hybridized carbons (Fsp3) is 1.00. The number of nitrogens with one attached hydrogen (secondary N) is 1. The first-order chi connectivity index (χ1) is 7.66. The van der Waals surface area contributed by atoms with Gasteiger partial charge in [-0.3, -0.25) is 0 Å². The van der Waals surface area contributed by atoms with Crippen LogP contribution in [0.2, 0.25) is 0 Å². The number of hydrogen-bond donors (Lipinski definition) is 1. The Morgan fingerprint density at radius 2 is 1.94 bits per heavy atom. The van der Waals surface area contributed by atoms with Gasteiger partial charge in [0.2, 0.25) is 0 Å². The summed E-state index contributed by atoms with van der Waals surface area (Å²) < 4.78 is 5.92. The van der Waals surface area contributed by atoms with E-state index < -0.39 is 0 Å². The molecule has 0 radical (unpaired) electrons. The zero-order valence-electron chi connectivity index (χ0n) is 11.1. The molecule has 2 rings (SSSR count). The zero-order valence-corrected chi connectivity index (χ0v) is 11.1. The molecule has 3 atom stereocenters. The average molecular weight is 225 g/mol. The molecule has 16 heavy (non-hydrogen) atoms. The monoisotopic (exact) mass is 225 g/mol. The summed E-state index contributed by atoms with van der Waals surface area (Å²) in [5, 5.41) is 3.58. The molecule has 2 aliphatic heterocycles. The molecular formula is C14H27NO. The standard InChI is InChI=1S/C14H27NO/c1-4-5-13-10-15-7-6-14(13)8-11(2)16-12(3)9-14/h11-13,15H,4-10H2,1-3H3. The van der Waals surface area contributed by atoms with E-state index in [0.717, 1.165) is 5.92 Å². The van der Waals surface area contributed by atoms with Crippen LogP contribution in [0.4, 0.5) is 0 Å². The van der Waals surface area contributed by atoms with Gasteiger partial charge in [-0.1, -0.05) is 13.3 Å². The van der Waals surface area contributed by atoms with Gasteiger partial charge in [-0.05, 0) is 64.0 Å². The van der Waals surface area contributed by atoms with Crippen molar-refractivity contribution in [2.24, 2.45) is 11.3 Å². The SMILES string of the molecule is CCCC1CNCCC12CC(C)OC(C)C2. The summed E-state index contributed by atoms with van der Waals surface area (Å²) in [4.78, 5) is 0. The van der Waals surface area contributed by atoms with Crippen molar-refractivity contribution < 1.29 is 4.74 Å². The van der Waals surface area contributed by atoms with E-state index in [1.165, 1.54) is 45.2 Å². The fourth-order valence-electron chi connectivity index (χ4n) is 4.05. The summed E-state index contributed by atoms with van der Waals surface area (Å²) in [6.45, 7) is 9.26. The summed E-state index contributed by atoms with van der Waals surface area (Å²) in [6, 6.07) is 0. The van der Waals surface area contributed by atoms with E-state index in [1.807, 2.05) is 0 Å². The van der Waals surface area contributed by atoms with E-state index in [2.05, 4.69) is 26.1 Å². The van der Waals surface area contributed by atoms with E-state index in [4.69, 9.17) is 4.74 Å². The van der Waals surface area contributed by atoms with Crippen molar-refractivity contribution in [1.29, 1.82) is 0 Å². The molecule has 2 heteroatoms. The highest BCUT2D eigenvalue weighted by molar-refractivity contribution is 4.96. The lowest BCUT2D eigenvalue weighted by atomic mass is 9.62. The predicted octanol–water partition coefficient (Wildman–Crippen LogP) is 2.97. The third-order valence-corrected chi connectivity index (χ3v) is 4.55. The molecule has 0 aromatic rings. The van der Waals surface area contributed by atoms with Gasteiger partial charge >= 0.3 is 0 Å². The van der Waals surface area contributed by atoms with Crippen molar-refractivity contribution in [2.75, 3.05) is 13.1 Å². The van der Waals surface area contributed by atoms with Crippen LogP contribution in [0.3, 0.4) is 0 Å². The van der Waals surface area contributed by atoms with E-state index in [-0.39, 0.29) is 0 Å². The quantitative estimate of drug-likeness (QED) is 0.780. The largest absolute Gasteiger partial charge is 0.376 e. The molecule has 0 aliphatic carbocycles. The van der Waals surface area contributed by atoms with Crippen molar-refractivity contribution in [3.05, 3.63) is 0 Å². The Labute approximate surface area is 100 Å². The third kappa shape index (κ3) is 2.43. The van der Waals surface area contributed by atoms with E-state index >= 15 is 0 Å². The Hall–Kier alpha value is -0.0800. The highest BCUT2D eigenvalue weighted by Crippen LogP contribution is 2.48. The summed E-state index contributed by atoms with van der Waals surface area (Å²) in [5.74, 6) is 0.875. The van der Waals surface area contributed by atoms with Gasteiger partial charge in [0.25, 0.3) is 0 Å². The normalized spacial score (nSPS) is 44.8. The molecule has 2 fully saturated rings. The molecule has 2 nitrogen and oxygen atoms in total. The molecule has 0 saturated carbocycles. The molecule has 2 aliphatic rings. The van der Waals surface area contributed by atoms with E-state index in [9.17, 15) is 0 Å². The number of ether oxygens (including phenoxy) is 1. The molecule has 94 valence electrons. The van der Waals surface area contributed by atoms with Gasteiger partial charge in [-0.25, -0.2) is 0 Å². The minimum Gasteiger partial charge on any atom is -0.376 e. The molecule has 0 aromatic heterocycles. The van der Waals surface area contributed by atoms with E-state index in [1.54, 1.807) is 0 Å². The summed E-state index contributed by atoms with van der Waals surface area (Å²) in [7, 11) is 0. The van der Waals surface area contributed by atoms with Crippen LogP contribution in [0.15, 0.2) is 0 Å². The highest BCUT2D eigenvalue weighted by Gasteiger charge is 2.44. The molecule has 3 unspecified atom stereocenters. The minimum atomic E-state index is 0.459. The number of piperidine rings is 1. The van der Waals surface area contributed by atoms with Gasteiger partial charge in [-0.15, -0.1) is 0 Å². The second-order valence-electron chi connectivity index (χ2n) is 5.97. The maximum atomic E-state index is 5.92. The Morgan fingerprint density at radius 3 is 2.56 bits per heavy atom. The van der Waals surface area contributed by atoms with Crippen LogP contribution in [0, 0.1) is 11.3 Å². The molecular weight excluding hydrogens is 198 g/mol. The van der Waals surface area contributed by atoms with Gasteiger partial charge in [0.05, 0.1) is 12.2 Å². The van der Waals surface area contributed by atoms with Crippen LogP contribution >= 0.6 is 0 Å². The molecule has 1 spiro atoms. The van der Waals surface area contributed by atoms with Gasteiger partial charge in [0, 0.05) is 0 Å². The second kappa shape index (κ2) is 5.05. The topological polar surface area (TPSA) is 21.3 Å². The maximum Gasteiger partial charge on any atom is 0.0556 e. The van der Waals surface area contributed by atoms with Gasteiger partial charge < -0.3 is 10.1 Å². The van der Waals surface area contributed by atoms with E-state index in [0.29, 0.717) is 17.6 Å². The van der Waals surface area contributed by atoms with Crippen molar-refractivity contribution in [1.82, 2.24) is 5.32 Å². The molecule has 1 N–H and O–H groups in total. The van der Waals surface area contributed by atoms with Gasteiger partial charge in [0.15, 0.2) is 0 Å². The van der Waals surface area contributed by atoms with Gasteiger partial charge in [0.1, 0.15) is 0 Å². The van der Waals surface area contributed by atoms with Gasteiger partial charge in [-0.2, -0.15) is 0 Å². The summed E-state index contributed by atoms with van der Waals surface area (Å²) in [5.41, 5.74) is 0.582. The Balaban J connectivity index is 2.11.